The molecule has 0 atom stereocenters. The molecule has 1 N–H and O–H groups in total. The Morgan fingerprint density at radius 3 is 3.22 bits per heavy atom. The Bertz CT molecular complexity index is 546. The molecule has 0 fully saturated rings. The molecular formula is C12H14N4OS. The van der Waals surface area contributed by atoms with Crippen molar-refractivity contribution in [3.63, 3.8) is 0 Å². The molecule has 0 aromatic carbocycles. The average Bonchev–Trinajstić information content (AvgIpc) is 3.06. The molecule has 3 rings (SSSR count). The summed E-state index contributed by atoms with van der Waals surface area (Å²) in [5.74, 6) is 1.86. The van der Waals surface area contributed by atoms with Gasteiger partial charge in [-0.05, 0) is 24.3 Å². The van der Waals surface area contributed by atoms with Crippen LogP contribution in [-0.2, 0) is 19.5 Å². The van der Waals surface area contributed by atoms with Gasteiger partial charge in [-0.3, -0.25) is 4.79 Å². The van der Waals surface area contributed by atoms with Gasteiger partial charge in [0.05, 0.1) is 11.4 Å². The fraction of sp³-hybridized carbons (Fsp3) is 0.417. The number of rotatable bonds is 3. The zero-order valence-electron chi connectivity index (χ0n) is 9.93. The zero-order chi connectivity index (χ0) is 12.4. The highest BCUT2D eigenvalue weighted by molar-refractivity contribution is 7.12. The lowest BCUT2D eigenvalue weighted by Crippen LogP contribution is -2.25. The Hall–Kier alpha value is -1.69. The van der Waals surface area contributed by atoms with Crippen molar-refractivity contribution in [1.29, 1.82) is 0 Å². The normalized spacial score (nSPS) is 14.2. The third kappa shape index (κ3) is 2.15. The van der Waals surface area contributed by atoms with Crippen molar-refractivity contribution in [2.45, 2.75) is 32.4 Å². The predicted molar refractivity (Wildman–Crippen MR) is 68.4 cm³/mol. The standard InChI is InChI=1S/C12H14N4OS/c17-12(9-4-3-7-18-9)13-8-11-15-14-10-5-1-2-6-16(10)11/h3-4,7H,1-2,5-6,8H2,(H,13,17). The maximum absolute atomic E-state index is 11.8. The van der Waals surface area contributed by atoms with Crippen LogP contribution in [0, 0.1) is 0 Å². The van der Waals surface area contributed by atoms with Gasteiger partial charge >= 0.3 is 0 Å². The summed E-state index contributed by atoms with van der Waals surface area (Å²) >= 11 is 1.44. The molecule has 18 heavy (non-hydrogen) atoms. The van der Waals surface area contributed by atoms with Gasteiger partial charge in [0.15, 0.2) is 5.82 Å². The van der Waals surface area contributed by atoms with E-state index in [2.05, 4.69) is 20.1 Å². The van der Waals surface area contributed by atoms with E-state index in [0.29, 0.717) is 6.54 Å². The number of fused-ring (bicyclic) bond motifs is 1. The molecule has 0 bridgehead atoms. The summed E-state index contributed by atoms with van der Waals surface area (Å²) in [6, 6.07) is 3.69. The van der Waals surface area contributed by atoms with Crippen molar-refractivity contribution in [3.05, 3.63) is 34.0 Å². The molecule has 0 radical (unpaired) electrons. The summed E-state index contributed by atoms with van der Waals surface area (Å²) in [4.78, 5) is 12.5. The first-order valence-corrected chi connectivity index (χ1v) is 6.95. The lowest BCUT2D eigenvalue weighted by Gasteiger charge is -2.14. The highest BCUT2D eigenvalue weighted by Crippen LogP contribution is 2.14. The summed E-state index contributed by atoms with van der Waals surface area (Å²) in [5, 5.41) is 13.1. The molecule has 0 saturated carbocycles. The SMILES string of the molecule is O=C(NCc1nnc2n1CCCC2)c1cccs1. The van der Waals surface area contributed by atoms with Crippen LogP contribution < -0.4 is 5.32 Å². The second-order valence-corrected chi connectivity index (χ2v) is 5.25. The fourth-order valence-corrected chi connectivity index (χ4v) is 2.79. The molecule has 2 aromatic rings. The minimum Gasteiger partial charge on any atom is -0.344 e. The first-order valence-electron chi connectivity index (χ1n) is 6.07. The molecule has 2 aromatic heterocycles. The third-order valence-electron chi connectivity index (χ3n) is 3.09. The van der Waals surface area contributed by atoms with Gasteiger partial charge in [0, 0.05) is 13.0 Å². The van der Waals surface area contributed by atoms with Crippen molar-refractivity contribution < 1.29 is 4.79 Å². The van der Waals surface area contributed by atoms with Crippen LogP contribution in [0.15, 0.2) is 17.5 Å². The molecule has 6 heteroatoms. The maximum Gasteiger partial charge on any atom is 0.261 e. The van der Waals surface area contributed by atoms with Crippen LogP contribution in [0.4, 0.5) is 0 Å². The molecule has 0 spiro atoms. The van der Waals surface area contributed by atoms with Crippen molar-refractivity contribution >= 4 is 17.2 Å². The number of amides is 1. The van der Waals surface area contributed by atoms with Crippen LogP contribution in [0.25, 0.3) is 0 Å². The number of carbonyl (C=O) groups excluding carboxylic acids is 1. The fourth-order valence-electron chi connectivity index (χ4n) is 2.15. The highest BCUT2D eigenvalue weighted by atomic mass is 32.1. The molecule has 1 aliphatic heterocycles. The number of hydrogen-bond donors (Lipinski definition) is 1. The third-order valence-corrected chi connectivity index (χ3v) is 3.96. The second kappa shape index (κ2) is 4.89. The Kier molecular flexibility index (Phi) is 3.10. The minimum absolute atomic E-state index is 0.0434. The summed E-state index contributed by atoms with van der Waals surface area (Å²) < 4.78 is 2.12. The van der Waals surface area contributed by atoms with E-state index in [1.165, 1.54) is 17.8 Å². The second-order valence-electron chi connectivity index (χ2n) is 4.30. The molecule has 5 nitrogen and oxygen atoms in total. The lowest BCUT2D eigenvalue weighted by atomic mass is 10.2. The van der Waals surface area contributed by atoms with Gasteiger partial charge in [-0.2, -0.15) is 0 Å². The van der Waals surface area contributed by atoms with E-state index in [1.54, 1.807) is 0 Å². The molecule has 0 aliphatic carbocycles. The molecule has 1 amide bonds. The van der Waals surface area contributed by atoms with Gasteiger partial charge in [0.25, 0.3) is 5.91 Å². The molecular weight excluding hydrogens is 248 g/mol. The Balaban J connectivity index is 1.67. The first kappa shape index (κ1) is 11.4. The van der Waals surface area contributed by atoms with Crippen LogP contribution in [0.5, 0.6) is 0 Å². The van der Waals surface area contributed by atoms with E-state index in [9.17, 15) is 4.79 Å². The molecule has 3 heterocycles. The van der Waals surface area contributed by atoms with E-state index in [0.717, 1.165) is 35.9 Å². The van der Waals surface area contributed by atoms with E-state index < -0.39 is 0 Å². The largest absolute Gasteiger partial charge is 0.344 e. The first-order chi connectivity index (χ1) is 8.84. The van der Waals surface area contributed by atoms with Gasteiger partial charge < -0.3 is 9.88 Å². The van der Waals surface area contributed by atoms with E-state index in [1.807, 2.05) is 17.5 Å². The van der Waals surface area contributed by atoms with E-state index >= 15 is 0 Å². The Morgan fingerprint density at radius 1 is 1.44 bits per heavy atom. The molecule has 0 unspecified atom stereocenters. The molecule has 94 valence electrons. The van der Waals surface area contributed by atoms with Crippen molar-refractivity contribution in [2.24, 2.45) is 0 Å². The number of carbonyl (C=O) groups is 1. The van der Waals surface area contributed by atoms with Crippen LogP contribution in [0.2, 0.25) is 0 Å². The number of thiophene rings is 1. The van der Waals surface area contributed by atoms with Gasteiger partial charge in [-0.1, -0.05) is 6.07 Å². The number of hydrogen-bond acceptors (Lipinski definition) is 4. The van der Waals surface area contributed by atoms with E-state index in [-0.39, 0.29) is 5.91 Å². The van der Waals surface area contributed by atoms with Crippen LogP contribution in [-0.4, -0.2) is 20.7 Å². The zero-order valence-corrected chi connectivity index (χ0v) is 10.7. The lowest BCUT2D eigenvalue weighted by molar-refractivity contribution is 0.0953. The Labute approximate surface area is 109 Å². The van der Waals surface area contributed by atoms with Gasteiger partial charge in [-0.25, -0.2) is 0 Å². The average molecular weight is 262 g/mol. The number of nitrogens with one attached hydrogen (secondary N) is 1. The summed E-state index contributed by atoms with van der Waals surface area (Å²) in [5.41, 5.74) is 0. The Morgan fingerprint density at radius 2 is 2.39 bits per heavy atom. The summed E-state index contributed by atoms with van der Waals surface area (Å²) in [7, 11) is 0. The molecule has 1 aliphatic rings. The monoisotopic (exact) mass is 262 g/mol. The van der Waals surface area contributed by atoms with Crippen molar-refractivity contribution in [3.8, 4) is 0 Å². The quantitative estimate of drug-likeness (QED) is 0.914. The van der Waals surface area contributed by atoms with Crippen LogP contribution in [0.3, 0.4) is 0 Å². The van der Waals surface area contributed by atoms with Crippen LogP contribution in [0.1, 0.15) is 34.2 Å². The van der Waals surface area contributed by atoms with Crippen LogP contribution >= 0.6 is 11.3 Å². The summed E-state index contributed by atoms with van der Waals surface area (Å²) in [6.45, 7) is 1.41. The van der Waals surface area contributed by atoms with Gasteiger partial charge in [0.1, 0.15) is 5.82 Å². The topological polar surface area (TPSA) is 59.8 Å². The van der Waals surface area contributed by atoms with Gasteiger partial charge in [0.2, 0.25) is 0 Å². The predicted octanol–water partition coefficient (Wildman–Crippen LogP) is 1.61. The number of aromatic nitrogens is 3. The summed E-state index contributed by atoms with van der Waals surface area (Å²) in [6.07, 6.45) is 3.34. The smallest absolute Gasteiger partial charge is 0.261 e. The highest BCUT2D eigenvalue weighted by Gasteiger charge is 2.16. The van der Waals surface area contributed by atoms with Gasteiger partial charge in [-0.15, -0.1) is 21.5 Å². The van der Waals surface area contributed by atoms with Crippen molar-refractivity contribution in [1.82, 2.24) is 20.1 Å². The minimum atomic E-state index is -0.0434. The van der Waals surface area contributed by atoms with E-state index in [4.69, 9.17) is 0 Å². The maximum atomic E-state index is 11.8. The number of aryl methyl sites for hydroxylation is 1. The van der Waals surface area contributed by atoms with Crippen molar-refractivity contribution in [2.75, 3.05) is 0 Å². The molecule has 0 saturated heterocycles. The number of nitrogens with zero attached hydrogens (tertiary/aromatic N) is 3.